The van der Waals surface area contributed by atoms with E-state index in [-0.39, 0.29) is 41.6 Å². The molecule has 1 saturated heterocycles. The number of hydrogen-bond donors (Lipinski definition) is 2. The highest BCUT2D eigenvalue weighted by Crippen LogP contribution is 2.43. The van der Waals surface area contributed by atoms with Crippen molar-refractivity contribution in [1.82, 2.24) is 10.6 Å². The van der Waals surface area contributed by atoms with E-state index >= 15 is 0 Å². The first-order chi connectivity index (χ1) is 19.7. The lowest BCUT2D eigenvalue weighted by molar-refractivity contribution is -0.132. The molecule has 5 rings (SSSR count). The zero-order valence-electron chi connectivity index (χ0n) is 25.2. The number of ether oxygens (including phenoxy) is 2. The number of rotatable bonds is 10. The van der Waals surface area contributed by atoms with E-state index in [1.54, 1.807) is 25.9 Å². The Morgan fingerprint density at radius 3 is 2.59 bits per heavy atom. The summed E-state index contributed by atoms with van der Waals surface area (Å²) < 4.78 is 11.3. The second-order valence-electron chi connectivity index (χ2n) is 13.0. The van der Waals surface area contributed by atoms with Gasteiger partial charge in [-0.1, -0.05) is 19.3 Å². The molecule has 0 spiro atoms. The maximum atomic E-state index is 14.1. The van der Waals surface area contributed by atoms with Crippen LogP contribution >= 0.6 is 0 Å². The second kappa shape index (κ2) is 12.7. The minimum Gasteiger partial charge on any atom is -0.476 e. The zero-order valence-corrected chi connectivity index (χ0v) is 25.2. The number of amides is 3. The van der Waals surface area contributed by atoms with Crippen molar-refractivity contribution in [1.29, 1.82) is 0 Å². The topological polar surface area (TPSA) is 100 Å². The van der Waals surface area contributed by atoms with Crippen LogP contribution in [-0.2, 0) is 19.1 Å². The van der Waals surface area contributed by atoms with Crippen molar-refractivity contribution >= 4 is 29.1 Å². The van der Waals surface area contributed by atoms with Crippen LogP contribution in [0.4, 0.5) is 11.4 Å². The molecule has 0 bridgehead atoms. The van der Waals surface area contributed by atoms with Gasteiger partial charge in [-0.3, -0.25) is 14.4 Å². The molecule has 4 aliphatic rings. The summed E-state index contributed by atoms with van der Waals surface area (Å²) >= 11 is 0. The fourth-order valence-corrected chi connectivity index (χ4v) is 6.77. The van der Waals surface area contributed by atoms with E-state index in [4.69, 9.17) is 9.47 Å². The standard InChI is InChI=1S/C32H48N4O5/c1-21(22-9-6-5-7-10-22)34-29(37)23-17-24(20-33-19-23)30(38)36(25-11-12-25)26-13-14-28-27(18-26)35(15-8-16-40-4)31(39)32(2,3)41-28/h13-14,18,21-25,33H,5-12,15-17,19-20H2,1-4H3,(H,34,37)/t21-,23-,24+/m0/s1. The highest BCUT2D eigenvalue weighted by molar-refractivity contribution is 6.04. The molecule has 9 heteroatoms. The lowest BCUT2D eigenvalue weighted by Crippen LogP contribution is -2.53. The minimum atomic E-state index is -0.967. The van der Waals surface area contributed by atoms with Crippen molar-refractivity contribution in [2.45, 2.75) is 96.2 Å². The average molecular weight is 569 g/mol. The van der Waals surface area contributed by atoms with Crippen LogP contribution in [-0.4, -0.2) is 68.8 Å². The van der Waals surface area contributed by atoms with Crippen LogP contribution in [0.25, 0.3) is 0 Å². The van der Waals surface area contributed by atoms with Gasteiger partial charge in [-0.2, -0.15) is 0 Å². The van der Waals surface area contributed by atoms with Gasteiger partial charge in [-0.25, -0.2) is 0 Å². The Hall–Kier alpha value is -2.65. The van der Waals surface area contributed by atoms with Crippen molar-refractivity contribution in [2.24, 2.45) is 17.8 Å². The molecule has 2 aliphatic heterocycles. The van der Waals surface area contributed by atoms with Crippen LogP contribution in [0.2, 0.25) is 0 Å². The summed E-state index contributed by atoms with van der Waals surface area (Å²) in [5.41, 5.74) is 0.504. The Labute approximate surface area is 244 Å². The van der Waals surface area contributed by atoms with Gasteiger partial charge in [-0.15, -0.1) is 0 Å². The van der Waals surface area contributed by atoms with Crippen molar-refractivity contribution < 1.29 is 23.9 Å². The molecule has 41 heavy (non-hydrogen) atoms. The van der Waals surface area contributed by atoms with Gasteiger partial charge in [-0.05, 0) is 83.4 Å². The molecule has 2 saturated carbocycles. The van der Waals surface area contributed by atoms with E-state index in [1.165, 1.54) is 32.1 Å². The monoisotopic (exact) mass is 568 g/mol. The molecular weight excluding hydrogens is 520 g/mol. The molecule has 3 amide bonds. The maximum Gasteiger partial charge on any atom is 0.270 e. The van der Waals surface area contributed by atoms with Crippen LogP contribution in [0.15, 0.2) is 18.2 Å². The molecule has 0 radical (unpaired) electrons. The number of carbonyl (C=O) groups excluding carboxylic acids is 3. The van der Waals surface area contributed by atoms with Crippen LogP contribution in [0, 0.1) is 17.8 Å². The van der Waals surface area contributed by atoms with Crippen LogP contribution in [0.3, 0.4) is 0 Å². The highest BCUT2D eigenvalue weighted by atomic mass is 16.5. The Kier molecular flexibility index (Phi) is 9.24. The van der Waals surface area contributed by atoms with Gasteiger partial charge in [0.25, 0.3) is 5.91 Å². The van der Waals surface area contributed by atoms with Crippen molar-refractivity contribution in [3.63, 3.8) is 0 Å². The first-order valence-electron chi connectivity index (χ1n) is 15.7. The SMILES string of the molecule is COCCCN1C(=O)C(C)(C)Oc2ccc(N(C(=O)[C@H]3CNC[C@@H](C(=O)N[C@@H](C)C4CCCCC4)C3)C3CC3)cc21. The molecule has 1 aromatic rings. The average Bonchev–Trinajstić information content (AvgIpc) is 3.81. The Morgan fingerprint density at radius 1 is 1.15 bits per heavy atom. The quantitative estimate of drug-likeness (QED) is 0.414. The predicted octanol–water partition coefficient (Wildman–Crippen LogP) is 4.03. The summed E-state index contributed by atoms with van der Waals surface area (Å²) in [7, 11) is 1.65. The zero-order chi connectivity index (χ0) is 29.1. The normalized spacial score (nSPS) is 25.2. The third-order valence-electron chi connectivity index (χ3n) is 9.31. The van der Waals surface area contributed by atoms with Gasteiger partial charge in [0.15, 0.2) is 5.60 Å². The maximum absolute atomic E-state index is 14.1. The summed E-state index contributed by atoms with van der Waals surface area (Å²) in [6.45, 7) is 7.92. The first-order valence-corrected chi connectivity index (χ1v) is 15.7. The summed E-state index contributed by atoms with van der Waals surface area (Å²) in [4.78, 5) is 44.3. The van der Waals surface area contributed by atoms with Crippen molar-refractivity contribution in [3.8, 4) is 5.75 Å². The van der Waals surface area contributed by atoms with Gasteiger partial charge < -0.3 is 29.9 Å². The number of fused-ring (bicyclic) bond motifs is 1. The first kappa shape index (κ1) is 29.8. The lowest BCUT2D eigenvalue weighted by atomic mass is 9.84. The molecular formula is C32H48N4O5. The molecule has 2 aliphatic carbocycles. The lowest BCUT2D eigenvalue weighted by Gasteiger charge is -2.40. The fraction of sp³-hybridized carbons (Fsp3) is 0.719. The molecule has 3 atom stereocenters. The molecule has 226 valence electrons. The van der Waals surface area contributed by atoms with Gasteiger partial charge in [0.1, 0.15) is 5.75 Å². The van der Waals surface area contributed by atoms with Gasteiger partial charge in [0.05, 0.1) is 17.5 Å². The third-order valence-corrected chi connectivity index (χ3v) is 9.31. The van der Waals surface area contributed by atoms with Gasteiger partial charge >= 0.3 is 0 Å². The van der Waals surface area contributed by atoms with E-state index in [1.807, 2.05) is 23.1 Å². The van der Waals surface area contributed by atoms with Gasteiger partial charge in [0.2, 0.25) is 11.8 Å². The van der Waals surface area contributed by atoms with Crippen LogP contribution < -0.4 is 25.2 Å². The number of benzene rings is 1. The molecule has 9 nitrogen and oxygen atoms in total. The summed E-state index contributed by atoms with van der Waals surface area (Å²) in [6.07, 6.45) is 9.29. The highest BCUT2D eigenvalue weighted by Gasteiger charge is 2.43. The predicted molar refractivity (Wildman–Crippen MR) is 159 cm³/mol. The Balaban J connectivity index is 1.31. The number of carbonyl (C=O) groups is 3. The molecule has 2 N–H and O–H groups in total. The van der Waals surface area contributed by atoms with E-state index in [9.17, 15) is 14.4 Å². The molecule has 3 fully saturated rings. The van der Waals surface area contributed by atoms with Crippen LogP contribution in [0.1, 0.15) is 78.6 Å². The van der Waals surface area contributed by atoms with Gasteiger partial charge in [0, 0.05) is 51.1 Å². The summed E-state index contributed by atoms with van der Waals surface area (Å²) in [6, 6.07) is 6.05. The second-order valence-corrected chi connectivity index (χ2v) is 13.0. The molecule has 2 heterocycles. The van der Waals surface area contributed by atoms with Crippen LogP contribution in [0.5, 0.6) is 5.75 Å². The summed E-state index contributed by atoms with van der Waals surface area (Å²) in [5.74, 6) is 0.689. The number of methoxy groups -OCH3 is 1. The number of hydrogen-bond acceptors (Lipinski definition) is 6. The molecule has 0 aromatic heterocycles. The van der Waals surface area contributed by atoms with E-state index in [0.29, 0.717) is 56.4 Å². The largest absolute Gasteiger partial charge is 0.476 e. The fourth-order valence-electron chi connectivity index (χ4n) is 6.77. The number of nitrogens with one attached hydrogen (secondary N) is 2. The molecule has 0 unspecified atom stereocenters. The third kappa shape index (κ3) is 6.72. The Bertz CT molecular complexity index is 1110. The smallest absolute Gasteiger partial charge is 0.270 e. The van der Waals surface area contributed by atoms with E-state index in [0.717, 1.165) is 18.5 Å². The van der Waals surface area contributed by atoms with Crippen molar-refractivity contribution in [2.75, 3.05) is 43.2 Å². The molecule has 1 aromatic carbocycles. The number of anilines is 2. The van der Waals surface area contributed by atoms with Crippen molar-refractivity contribution in [3.05, 3.63) is 18.2 Å². The van der Waals surface area contributed by atoms with E-state index in [2.05, 4.69) is 17.6 Å². The number of nitrogens with zero attached hydrogens (tertiary/aromatic N) is 2. The minimum absolute atomic E-state index is 0.0482. The number of piperidine rings is 1. The Morgan fingerprint density at radius 2 is 1.88 bits per heavy atom. The summed E-state index contributed by atoms with van der Waals surface area (Å²) in [5, 5.41) is 6.65. The van der Waals surface area contributed by atoms with E-state index < -0.39 is 5.60 Å².